The molecule has 2 rings (SSSR count). The minimum Gasteiger partial charge on any atom is -0.456 e. The fourth-order valence-electron chi connectivity index (χ4n) is 1.37. The van der Waals surface area contributed by atoms with Crippen molar-refractivity contribution in [3.05, 3.63) is 35.8 Å². The molecule has 0 amide bonds. The zero-order valence-electron chi connectivity index (χ0n) is 9.12. The van der Waals surface area contributed by atoms with E-state index in [1.807, 2.05) is 0 Å². The van der Waals surface area contributed by atoms with Crippen LogP contribution in [0, 0.1) is 17.7 Å². The van der Waals surface area contributed by atoms with Crippen LogP contribution < -0.4 is 0 Å². The monoisotopic (exact) mass is 232 g/mol. The Morgan fingerprint density at radius 1 is 1.53 bits per heavy atom. The number of rotatable bonds is 1. The van der Waals surface area contributed by atoms with Crippen LogP contribution in [-0.2, 0) is 9.53 Å². The molecule has 0 aliphatic rings. The number of benzene rings is 1. The van der Waals surface area contributed by atoms with Crippen molar-refractivity contribution in [2.24, 2.45) is 0 Å². The summed E-state index contributed by atoms with van der Waals surface area (Å²) in [7, 11) is 0. The van der Waals surface area contributed by atoms with Crippen LogP contribution in [0.2, 0.25) is 0 Å². The van der Waals surface area contributed by atoms with Crippen LogP contribution in [0.4, 0.5) is 4.39 Å². The van der Waals surface area contributed by atoms with Gasteiger partial charge in [0.15, 0.2) is 17.2 Å². The van der Waals surface area contributed by atoms with Crippen molar-refractivity contribution in [3.63, 3.8) is 0 Å². The van der Waals surface area contributed by atoms with E-state index in [9.17, 15) is 9.18 Å². The van der Waals surface area contributed by atoms with E-state index in [4.69, 9.17) is 4.42 Å². The van der Waals surface area contributed by atoms with Crippen LogP contribution in [0.5, 0.6) is 0 Å². The molecule has 0 radical (unpaired) electrons. The first-order valence-electron chi connectivity index (χ1n) is 5.07. The summed E-state index contributed by atoms with van der Waals surface area (Å²) in [6.07, 6.45) is 0. The van der Waals surface area contributed by atoms with Crippen LogP contribution in [0.25, 0.3) is 11.0 Å². The van der Waals surface area contributed by atoms with E-state index in [0.717, 1.165) is 0 Å². The number of para-hydroxylation sites is 1. The number of halogens is 1. The molecule has 0 unspecified atom stereocenters. The van der Waals surface area contributed by atoms with Crippen LogP contribution in [-0.4, -0.2) is 12.6 Å². The topological polar surface area (TPSA) is 39.4 Å². The average molecular weight is 232 g/mol. The lowest BCUT2D eigenvalue weighted by Crippen LogP contribution is -1.99. The van der Waals surface area contributed by atoms with Gasteiger partial charge in [0, 0.05) is 17.4 Å². The molecule has 0 saturated heterocycles. The Hall–Kier alpha value is -2.28. The van der Waals surface area contributed by atoms with Gasteiger partial charge in [-0.1, -0.05) is 12.1 Å². The van der Waals surface area contributed by atoms with E-state index in [1.165, 1.54) is 6.07 Å². The number of carbonyl (C=O) groups is 1. The van der Waals surface area contributed by atoms with Crippen molar-refractivity contribution in [3.8, 4) is 11.8 Å². The second-order valence-electron chi connectivity index (χ2n) is 3.24. The minimum atomic E-state index is -0.631. The quantitative estimate of drug-likeness (QED) is 0.560. The van der Waals surface area contributed by atoms with E-state index in [-0.39, 0.29) is 18.0 Å². The standard InChI is InChI=1S/C13H9FO3/c1-2-16-12(15)7-6-10-8-9-4-3-5-11(14)13(9)17-10/h3-5,8H,2H2,1H3. The summed E-state index contributed by atoms with van der Waals surface area (Å²) < 4.78 is 23.1. The molecule has 0 spiro atoms. The summed E-state index contributed by atoms with van der Waals surface area (Å²) in [6.45, 7) is 1.96. The molecule has 0 aliphatic carbocycles. The Kier molecular flexibility index (Phi) is 3.10. The normalized spacial score (nSPS) is 9.76. The molecule has 1 aromatic heterocycles. The molecule has 4 heteroatoms. The predicted octanol–water partition coefficient (Wildman–Crippen LogP) is 2.49. The average Bonchev–Trinajstić information content (AvgIpc) is 2.71. The third kappa shape index (κ3) is 2.45. The molecule has 0 saturated carbocycles. The Labute approximate surface area is 97.2 Å². The highest BCUT2D eigenvalue weighted by Crippen LogP contribution is 2.21. The first kappa shape index (κ1) is 11.2. The molecule has 0 N–H and O–H groups in total. The summed E-state index contributed by atoms with van der Waals surface area (Å²) in [4.78, 5) is 11.0. The van der Waals surface area contributed by atoms with Crippen molar-refractivity contribution in [1.29, 1.82) is 0 Å². The van der Waals surface area contributed by atoms with Gasteiger partial charge < -0.3 is 9.15 Å². The van der Waals surface area contributed by atoms with Gasteiger partial charge in [0.25, 0.3) is 0 Å². The number of hydrogen-bond donors (Lipinski definition) is 0. The Bertz CT molecular complexity index is 616. The maximum Gasteiger partial charge on any atom is 0.384 e. The fraction of sp³-hybridized carbons (Fsp3) is 0.154. The summed E-state index contributed by atoms with van der Waals surface area (Å²) >= 11 is 0. The molecular weight excluding hydrogens is 223 g/mol. The van der Waals surface area contributed by atoms with Crippen LogP contribution in [0.1, 0.15) is 12.7 Å². The SMILES string of the molecule is CCOC(=O)C#Cc1cc2cccc(F)c2o1. The summed E-state index contributed by atoms with van der Waals surface area (Å²) in [5.41, 5.74) is 0.139. The van der Waals surface area contributed by atoms with Crippen LogP contribution >= 0.6 is 0 Å². The van der Waals surface area contributed by atoms with Gasteiger partial charge in [-0.05, 0) is 18.9 Å². The maximum absolute atomic E-state index is 13.3. The van der Waals surface area contributed by atoms with E-state index >= 15 is 0 Å². The molecule has 1 heterocycles. The molecule has 0 atom stereocenters. The predicted molar refractivity (Wildman–Crippen MR) is 59.7 cm³/mol. The van der Waals surface area contributed by atoms with Gasteiger partial charge in [-0.25, -0.2) is 9.18 Å². The van der Waals surface area contributed by atoms with Gasteiger partial charge >= 0.3 is 5.97 Å². The van der Waals surface area contributed by atoms with Crippen molar-refractivity contribution in [2.75, 3.05) is 6.61 Å². The van der Waals surface area contributed by atoms with E-state index < -0.39 is 11.8 Å². The number of esters is 1. The highest BCUT2D eigenvalue weighted by atomic mass is 19.1. The minimum absolute atomic E-state index is 0.139. The van der Waals surface area contributed by atoms with E-state index in [0.29, 0.717) is 5.39 Å². The van der Waals surface area contributed by atoms with Gasteiger partial charge in [-0.3, -0.25) is 0 Å². The molecular formula is C13H9FO3. The highest BCUT2D eigenvalue weighted by molar-refractivity contribution is 5.89. The van der Waals surface area contributed by atoms with Crippen molar-refractivity contribution >= 4 is 16.9 Å². The third-order valence-electron chi connectivity index (χ3n) is 2.06. The summed E-state index contributed by atoms with van der Waals surface area (Å²) in [6, 6.07) is 6.16. The zero-order valence-corrected chi connectivity index (χ0v) is 9.12. The molecule has 17 heavy (non-hydrogen) atoms. The lowest BCUT2D eigenvalue weighted by Gasteiger charge is -1.90. The second kappa shape index (κ2) is 4.71. The fourth-order valence-corrected chi connectivity index (χ4v) is 1.37. The number of fused-ring (bicyclic) bond motifs is 1. The first-order valence-corrected chi connectivity index (χ1v) is 5.07. The number of carbonyl (C=O) groups excluding carboxylic acids is 1. The molecule has 3 nitrogen and oxygen atoms in total. The lowest BCUT2D eigenvalue weighted by molar-refractivity contribution is -0.136. The Morgan fingerprint density at radius 3 is 3.06 bits per heavy atom. The van der Waals surface area contributed by atoms with Crippen molar-refractivity contribution in [2.45, 2.75) is 6.92 Å². The molecule has 86 valence electrons. The van der Waals surface area contributed by atoms with Gasteiger partial charge in [-0.2, -0.15) is 0 Å². The molecule has 2 aromatic rings. The zero-order chi connectivity index (χ0) is 12.3. The molecule has 1 aromatic carbocycles. The summed E-state index contributed by atoms with van der Waals surface area (Å²) in [5, 5.41) is 0.609. The third-order valence-corrected chi connectivity index (χ3v) is 2.06. The molecule has 0 bridgehead atoms. The molecule has 0 aliphatic heterocycles. The number of furan rings is 1. The van der Waals surface area contributed by atoms with Crippen molar-refractivity contribution < 1.29 is 18.3 Å². The number of hydrogen-bond acceptors (Lipinski definition) is 3. The van der Waals surface area contributed by atoms with Gasteiger partial charge in [0.2, 0.25) is 0 Å². The van der Waals surface area contributed by atoms with Gasteiger partial charge in [-0.15, -0.1) is 0 Å². The van der Waals surface area contributed by atoms with Crippen LogP contribution in [0.3, 0.4) is 0 Å². The van der Waals surface area contributed by atoms with Crippen LogP contribution in [0.15, 0.2) is 28.7 Å². The van der Waals surface area contributed by atoms with Gasteiger partial charge in [0.05, 0.1) is 6.61 Å². The second-order valence-corrected chi connectivity index (χ2v) is 3.24. The van der Waals surface area contributed by atoms with E-state index in [1.54, 1.807) is 25.1 Å². The van der Waals surface area contributed by atoms with E-state index in [2.05, 4.69) is 16.6 Å². The molecule has 0 fully saturated rings. The maximum atomic E-state index is 13.3. The first-order chi connectivity index (χ1) is 8.20. The Morgan fingerprint density at radius 2 is 2.35 bits per heavy atom. The Balaban J connectivity index is 2.31. The largest absolute Gasteiger partial charge is 0.456 e. The summed E-state index contributed by atoms with van der Waals surface area (Å²) in [5.74, 6) is 3.89. The lowest BCUT2D eigenvalue weighted by atomic mass is 10.2. The smallest absolute Gasteiger partial charge is 0.384 e. The van der Waals surface area contributed by atoms with Gasteiger partial charge in [0.1, 0.15) is 0 Å². The van der Waals surface area contributed by atoms with Crippen molar-refractivity contribution in [1.82, 2.24) is 0 Å². The highest BCUT2D eigenvalue weighted by Gasteiger charge is 2.06. The number of ether oxygens (including phenoxy) is 1.